The third-order valence-corrected chi connectivity index (χ3v) is 5.04. The molecule has 0 bridgehead atoms. The van der Waals surface area contributed by atoms with E-state index >= 15 is 0 Å². The number of benzene rings is 1. The molecule has 1 aromatic heterocycles. The number of rotatable bonds is 5. The molecular formula is C18H23N3S. The van der Waals surface area contributed by atoms with E-state index in [0.717, 1.165) is 19.0 Å². The number of hydrogen-bond donors (Lipinski definition) is 2. The van der Waals surface area contributed by atoms with E-state index in [0.29, 0.717) is 12.0 Å². The Kier molecular flexibility index (Phi) is 4.78. The number of nitrogens with one attached hydrogen (secondary N) is 2. The summed E-state index contributed by atoms with van der Waals surface area (Å²) in [5.41, 5.74) is 2.75. The molecule has 3 nitrogen and oxygen atoms in total. The minimum absolute atomic E-state index is 0.504. The average Bonchev–Trinajstić information content (AvgIpc) is 3.19. The lowest BCUT2D eigenvalue weighted by atomic mass is 10.1. The van der Waals surface area contributed by atoms with Crippen LogP contribution in [0.1, 0.15) is 35.3 Å². The highest BCUT2D eigenvalue weighted by atomic mass is 32.1. The maximum absolute atomic E-state index is 4.73. The van der Waals surface area contributed by atoms with Crippen molar-refractivity contribution in [2.45, 2.75) is 38.8 Å². The van der Waals surface area contributed by atoms with E-state index in [1.807, 2.05) is 0 Å². The first-order chi connectivity index (χ1) is 10.8. The van der Waals surface area contributed by atoms with Crippen LogP contribution < -0.4 is 10.6 Å². The zero-order chi connectivity index (χ0) is 15.4. The van der Waals surface area contributed by atoms with Gasteiger partial charge in [-0.1, -0.05) is 30.3 Å². The summed E-state index contributed by atoms with van der Waals surface area (Å²) in [6.07, 6.45) is 1.19. The molecule has 4 heteroatoms. The fourth-order valence-electron chi connectivity index (χ4n) is 2.64. The lowest BCUT2D eigenvalue weighted by Gasteiger charge is -2.11. The molecule has 1 aromatic carbocycles. The SMILES string of the molecule is CCNC(=NCc1sccc1C)NC1CC1c1ccccc1. The number of guanidine groups is 1. The maximum atomic E-state index is 4.73. The Labute approximate surface area is 136 Å². The lowest BCUT2D eigenvalue weighted by molar-refractivity contribution is 0.796. The van der Waals surface area contributed by atoms with Crippen LogP contribution in [0.4, 0.5) is 0 Å². The van der Waals surface area contributed by atoms with Crippen molar-refractivity contribution >= 4 is 17.3 Å². The molecule has 1 fully saturated rings. The van der Waals surface area contributed by atoms with Gasteiger partial charge in [0.25, 0.3) is 0 Å². The highest BCUT2D eigenvalue weighted by Gasteiger charge is 2.38. The fourth-order valence-corrected chi connectivity index (χ4v) is 3.47. The van der Waals surface area contributed by atoms with Gasteiger partial charge in [-0.25, -0.2) is 4.99 Å². The summed E-state index contributed by atoms with van der Waals surface area (Å²) in [6.45, 7) is 5.89. The van der Waals surface area contributed by atoms with Crippen molar-refractivity contribution in [2.24, 2.45) is 4.99 Å². The van der Waals surface area contributed by atoms with E-state index in [1.54, 1.807) is 11.3 Å². The second-order valence-electron chi connectivity index (χ2n) is 5.73. The van der Waals surface area contributed by atoms with Gasteiger partial charge in [-0.3, -0.25) is 0 Å². The number of aryl methyl sites for hydroxylation is 1. The van der Waals surface area contributed by atoms with E-state index < -0.39 is 0 Å². The van der Waals surface area contributed by atoms with Gasteiger partial charge in [0.15, 0.2) is 5.96 Å². The van der Waals surface area contributed by atoms with E-state index in [-0.39, 0.29) is 0 Å². The zero-order valence-corrected chi connectivity index (χ0v) is 14.0. The Hall–Kier alpha value is -1.81. The number of hydrogen-bond acceptors (Lipinski definition) is 2. The minimum atomic E-state index is 0.504. The molecule has 0 aliphatic heterocycles. The van der Waals surface area contributed by atoms with E-state index in [4.69, 9.17) is 4.99 Å². The highest BCUT2D eigenvalue weighted by molar-refractivity contribution is 7.10. The molecule has 1 heterocycles. The smallest absolute Gasteiger partial charge is 0.191 e. The second kappa shape index (κ2) is 6.97. The molecule has 1 saturated carbocycles. The Morgan fingerprint density at radius 3 is 2.77 bits per heavy atom. The molecule has 0 radical (unpaired) electrons. The molecule has 1 aliphatic carbocycles. The van der Waals surface area contributed by atoms with Crippen molar-refractivity contribution in [1.82, 2.24) is 10.6 Å². The largest absolute Gasteiger partial charge is 0.357 e. The first-order valence-corrected chi connectivity index (χ1v) is 8.78. The van der Waals surface area contributed by atoms with Crippen molar-refractivity contribution < 1.29 is 0 Å². The predicted octanol–water partition coefficient (Wildman–Crippen LogP) is 3.67. The van der Waals surface area contributed by atoms with Gasteiger partial charge in [0.05, 0.1) is 6.54 Å². The first kappa shape index (κ1) is 15.1. The van der Waals surface area contributed by atoms with Crippen LogP contribution >= 0.6 is 11.3 Å². The van der Waals surface area contributed by atoms with Crippen LogP contribution in [0.5, 0.6) is 0 Å². The lowest BCUT2D eigenvalue weighted by Crippen LogP contribution is -2.39. The summed E-state index contributed by atoms with van der Waals surface area (Å²) in [5, 5.41) is 9.05. The van der Waals surface area contributed by atoms with Crippen LogP contribution in [-0.2, 0) is 6.54 Å². The molecule has 0 spiro atoms. The van der Waals surface area contributed by atoms with Crippen LogP contribution in [0.15, 0.2) is 46.8 Å². The molecule has 116 valence electrons. The van der Waals surface area contributed by atoms with E-state index in [2.05, 4.69) is 66.3 Å². The summed E-state index contributed by atoms with van der Waals surface area (Å²) < 4.78 is 0. The quantitative estimate of drug-likeness (QED) is 0.653. The van der Waals surface area contributed by atoms with Gasteiger partial charge < -0.3 is 10.6 Å². The van der Waals surface area contributed by atoms with Crippen molar-refractivity contribution in [3.63, 3.8) is 0 Å². The molecule has 2 N–H and O–H groups in total. The molecule has 0 amide bonds. The normalized spacial score (nSPS) is 20.7. The van der Waals surface area contributed by atoms with Crippen LogP contribution in [0, 0.1) is 6.92 Å². The second-order valence-corrected chi connectivity index (χ2v) is 6.73. The van der Waals surface area contributed by atoms with Crippen molar-refractivity contribution in [2.75, 3.05) is 6.54 Å². The molecule has 2 atom stereocenters. The van der Waals surface area contributed by atoms with Crippen molar-refractivity contribution in [1.29, 1.82) is 0 Å². The monoisotopic (exact) mass is 313 g/mol. The number of nitrogens with zero attached hydrogens (tertiary/aromatic N) is 1. The molecule has 2 unspecified atom stereocenters. The van der Waals surface area contributed by atoms with Crippen LogP contribution in [0.25, 0.3) is 0 Å². The van der Waals surface area contributed by atoms with Gasteiger partial charge in [-0.05, 0) is 42.8 Å². The third kappa shape index (κ3) is 3.69. The van der Waals surface area contributed by atoms with Gasteiger partial charge in [0.1, 0.15) is 0 Å². The molecule has 22 heavy (non-hydrogen) atoms. The van der Waals surface area contributed by atoms with Gasteiger partial charge >= 0.3 is 0 Å². The topological polar surface area (TPSA) is 36.4 Å². The number of aliphatic imine (C=N–C) groups is 1. The zero-order valence-electron chi connectivity index (χ0n) is 13.2. The Morgan fingerprint density at radius 2 is 2.09 bits per heavy atom. The van der Waals surface area contributed by atoms with Gasteiger partial charge in [0, 0.05) is 23.4 Å². The summed E-state index contributed by atoms with van der Waals surface area (Å²) in [4.78, 5) is 6.07. The van der Waals surface area contributed by atoms with Crippen LogP contribution in [-0.4, -0.2) is 18.5 Å². The van der Waals surface area contributed by atoms with Crippen LogP contribution in [0.3, 0.4) is 0 Å². The van der Waals surface area contributed by atoms with Crippen LogP contribution in [0.2, 0.25) is 0 Å². The minimum Gasteiger partial charge on any atom is -0.357 e. The van der Waals surface area contributed by atoms with E-state index in [9.17, 15) is 0 Å². The fraction of sp³-hybridized carbons (Fsp3) is 0.389. The summed E-state index contributed by atoms with van der Waals surface area (Å²) in [5.74, 6) is 1.55. The number of thiophene rings is 1. The Balaban J connectivity index is 1.60. The third-order valence-electron chi connectivity index (χ3n) is 4.03. The summed E-state index contributed by atoms with van der Waals surface area (Å²) in [7, 11) is 0. The van der Waals surface area contributed by atoms with E-state index in [1.165, 1.54) is 22.4 Å². The summed E-state index contributed by atoms with van der Waals surface area (Å²) >= 11 is 1.78. The predicted molar refractivity (Wildman–Crippen MR) is 94.6 cm³/mol. The van der Waals surface area contributed by atoms with Gasteiger partial charge in [-0.15, -0.1) is 11.3 Å². The Morgan fingerprint density at radius 1 is 1.27 bits per heavy atom. The highest BCUT2D eigenvalue weighted by Crippen LogP contribution is 2.40. The first-order valence-electron chi connectivity index (χ1n) is 7.90. The molecule has 1 aliphatic rings. The molecule has 0 saturated heterocycles. The molecular weight excluding hydrogens is 290 g/mol. The van der Waals surface area contributed by atoms with Gasteiger partial charge in [-0.2, -0.15) is 0 Å². The molecule has 2 aromatic rings. The Bertz CT molecular complexity index is 633. The standard InChI is InChI=1S/C18H23N3S/c1-3-19-18(20-12-17-13(2)9-10-22-17)21-16-11-15(16)14-7-5-4-6-8-14/h4-10,15-16H,3,11-12H2,1-2H3,(H2,19,20,21). The van der Waals surface area contributed by atoms with Crippen molar-refractivity contribution in [3.8, 4) is 0 Å². The molecule has 3 rings (SSSR count). The maximum Gasteiger partial charge on any atom is 0.191 e. The van der Waals surface area contributed by atoms with Gasteiger partial charge in [0.2, 0.25) is 0 Å². The summed E-state index contributed by atoms with van der Waals surface area (Å²) in [6, 6.07) is 13.4. The van der Waals surface area contributed by atoms with Crippen molar-refractivity contribution in [3.05, 3.63) is 57.8 Å². The average molecular weight is 313 g/mol.